The summed E-state index contributed by atoms with van der Waals surface area (Å²) >= 11 is 0. The normalized spacial score (nSPS) is 12.1. The molecule has 0 unspecified atom stereocenters. The van der Waals surface area contributed by atoms with Crippen LogP contribution in [0.25, 0.3) is 0 Å². The van der Waals surface area contributed by atoms with E-state index in [9.17, 15) is 0 Å². The summed E-state index contributed by atoms with van der Waals surface area (Å²) in [6.45, 7) is 8.52. The fourth-order valence-electron chi connectivity index (χ4n) is 1.24. The molecule has 0 atom stereocenters. The van der Waals surface area contributed by atoms with E-state index >= 15 is 0 Å². The van der Waals surface area contributed by atoms with Crippen LogP contribution in [0.4, 0.5) is 0 Å². The second-order valence-corrected chi connectivity index (χ2v) is 5.34. The third-order valence-corrected chi connectivity index (χ3v) is 2.87. The lowest BCUT2D eigenvalue weighted by Gasteiger charge is -2.29. The van der Waals surface area contributed by atoms with E-state index in [1.54, 1.807) is 0 Å². The van der Waals surface area contributed by atoms with Crippen molar-refractivity contribution in [2.24, 2.45) is 0 Å². The Morgan fingerprint density at radius 1 is 1.22 bits per heavy atom. The van der Waals surface area contributed by atoms with Gasteiger partial charge < -0.3 is 28.8 Å². The van der Waals surface area contributed by atoms with E-state index in [2.05, 4.69) is 26.0 Å². The van der Waals surface area contributed by atoms with Gasteiger partial charge in [-0.15, -0.1) is 6.58 Å². The molecule has 0 aromatic rings. The predicted molar refractivity (Wildman–Crippen MR) is 73.0 cm³/mol. The minimum absolute atomic E-state index is 0.340. The molecule has 0 saturated heterocycles. The minimum atomic E-state index is -2.24. The molecule has 0 bridgehead atoms. The summed E-state index contributed by atoms with van der Waals surface area (Å²) in [6.07, 6.45) is 1.82. The number of hydrogen-bond donors (Lipinski definition) is 3. The van der Waals surface area contributed by atoms with Gasteiger partial charge >= 0.3 is 8.60 Å². The van der Waals surface area contributed by atoms with Crippen LogP contribution in [0, 0.1) is 0 Å². The van der Waals surface area contributed by atoms with Crippen LogP contribution in [-0.4, -0.2) is 74.4 Å². The maximum Gasteiger partial charge on any atom is 0.327 e. The number of ether oxygens (including phenoxy) is 1. The Morgan fingerprint density at radius 3 is 2.50 bits per heavy atom. The molecule has 3 N–H and O–H groups in total. The van der Waals surface area contributed by atoms with Crippen LogP contribution < -0.4 is 5.32 Å². The molecule has 0 aliphatic carbocycles. The molecular formula is C11H26N2O4P+. The van der Waals surface area contributed by atoms with E-state index in [1.165, 1.54) is 0 Å². The maximum atomic E-state index is 8.62. The predicted octanol–water partition coefficient (Wildman–Crippen LogP) is 0.0831. The van der Waals surface area contributed by atoms with Crippen LogP contribution in [-0.2, 0) is 9.26 Å². The zero-order valence-electron chi connectivity index (χ0n) is 11.3. The van der Waals surface area contributed by atoms with Crippen molar-refractivity contribution in [1.82, 2.24) is 5.32 Å². The lowest BCUT2D eigenvalue weighted by Crippen LogP contribution is -2.44. The highest BCUT2D eigenvalue weighted by Gasteiger charge is 2.15. The zero-order chi connectivity index (χ0) is 13.9. The van der Waals surface area contributed by atoms with Crippen LogP contribution in [0.15, 0.2) is 12.7 Å². The summed E-state index contributed by atoms with van der Waals surface area (Å²) in [4.78, 5) is 17.2. The second kappa shape index (κ2) is 10.8. The van der Waals surface area contributed by atoms with E-state index < -0.39 is 8.60 Å². The molecule has 18 heavy (non-hydrogen) atoms. The van der Waals surface area contributed by atoms with Crippen molar-refractivity contribution >= 4 is 8.60 Å². The molecule has 0 heterocycles. The topological polar surface area (TPSA) is 71.0 Å². The van der Waals surface area contributed by atoms with Crippen molar-refractivity contribution in [3.8, 4) is 0 Å². The van der Waals surface area contributed by atoms with E-state index in [0.717, 1.165) is 30.7 Å². The molecule has 0 amide bonds. The molecule has 0 aliphatic heterocycles. The summed E-state index contributed by atoms with van der Waals surface area (Å²) < 4.78 is 11.0. The summed E-state index contributed by atoms with van der Waals surface area (Å²) in [5.41, 5.74) is 0. The Balaban J connectivity index is 3.43. The minimum Gasteiger partial charge on any atom is -0.374 e. The van der Waals surface area contributed by atoms with Gasteiger partial charge in [0.15, 0.2) is 0 Å². The molecule has 0 saturated carbocycles. The number of nitrogens with one attached hydrogen (secondary N) is 1. The van der Waals surface area contributed by atoms with Gasteiger partial charge in [0.25, 0.3) is 0 Å². The quantitative estimate of drug-likeness (QED) is 0.205. The van der Waals surface area contributed by atoms with Crippen molar-refractivity contribution in [2.75, 3.05) is 60.1 Å². The molecule has 0 spiro atoms. The standard InChI is InChI=1S/C11H26N2O4P/c1-4-5-12-6-9-16-10-7-13(2,3)8-11-17-18(14)15/h4,12,14-15H,1,5-11H2,2-3H3/q+1. The summed E-state index contributed by atoms with van der Waals surface area (Å²) in [7, 11) is 1.87. The van der Waals surface area contributed by atoms with E-state index in [4.69, 9.17) is 19.0 Å². The van der Waals surface area contributed by atoms with Crippen LogP contribution in [0.3, 0.4) is 0 Å². The van der Waals surface area contributed by atoms with Crippen molar-refractivity contribution in [3.05, 3.63) is 12.7 Å². The highest BCUT2D eigenvalue weighted by Crippen LogP contribution is 2.23. The van der Waals surface area contributed by atoms with Crippen LogP contribution >= 0.6 is 8.60 Å². The highest BCUT2D eigenvalue weighted by molar-refractivity contribution is 7.39. The van der Waals surface area contributed by atoms with Gasteiger partial charge in [-0.3, -0.25) is 0 Å². The van der Waals surface area contributed by atoms with Gasteiger partial charge in [-0.2, -0.15) is 0 Å². The SMILES string of the molecule is C=CCNCCOCC[N+](C)(C)CCOP(O)O. The fourth-order valence-corrected chi connectivity index (χ4v) is 1.49. The fraction of sp³-hybridized carbons (Fsp3) is 0.818. The third kappa shape index (κ3) is 12.4. The zero-order valence-corrected chi connectivity index (χ0v) is 12.2. The average molecular weight is 281 g/mol. The Hall–Kier alpha value is -0.0700. The first-order chi connectivity index (χ1) is 8.48. The molecule has 108 valence electrons. The maximum absolute atomic E-state index is 8.62. The smallest absolute Gasteiger partial charge is 0.327 e. The number of rotatable bonds is 12. The monoisotopic (exact) mass is 281 g/mol. The second-order valence-electron chi connectivity index (χ2n) is 4.57. The van der Waals surface area contributed by atoms with E-state index in [1.807, 2.05) is 6.08 Å². The largest absolute Gasteiger partial charge is 0.374 e. The van der Waals surface area contributed by atoms with E-state index in [-0.39, 0.29) is 0 Å². The Kier molecular flexibility index (Phi) is 10.8. The molecule has 0 aromatic carbocycles. The van der Waals surface area contributed by atoms with Crippen molar-refractivity contribution in [2.45, 2.75) is 0 Å². The van der Waals surface area contributed by atoms with Crippen LogP contribution in [0.1, 0.15) is 0 Å². The third-order valence-electron chi connectivity index (χ3n) is 2.46. The van der Waals surface area contributed by atoms with Gasteiger partial charge in [-0.1, -0.05) is 6.08 Å². The van der Waals surface area contributed by atoms with Gasteiger partial charge in [0.2, 0.25) is 0 Å². The van der Waals surface area contributed by atoms with E-state index in [0.29, 0.717) is 19.8 Å². The van der Waals surface area contributed by atoms with Crippen molar-refractivity contribution in [3.63, 3.8) is 0 Å². The molecule has 0 radical (unpaired) electrons. The first kappa shape index (κ1) is 17.9. The number of hydrogen-bond acceptors (Lipinski definition) is 5. The molecule has 6 nitrogen and oxygen atoms in total. The van der Waals surface area contributed by atoms with Gasteiger partial charge in [0, 0.05) is 13.1 Å². The highest BCUT2D eigenvalue weighted by atomic mass is 31.2. The van der Waals surface area contributed by atoms with Gasteiger partial charge in [0.1, 0.15) is 19.7 Å². The summed E-state index contributed by atoms with van der Waals surface area (Å²) in [5.74, 6) is 0. The van der Waals surface area contributed by atoms with Crippen molar-refractivity contribution < 1.29 is 23.5 Å². The summed E-state index contributed by atoms with van der Waals surface area (Å²) in [6, 6.07) is 0. The van der Waals surface area contributed by atoms with Gasteiger partial charge in [0.05, 0.1) is 27.3 Å². The first-order valence-electron chi connectivity index (χ1n) is 6.00. The number of likely N-dealkylation sites (N-methyl/N-ethyl adjacent to an activating group) is 1. The molecule has 0 aromatic heterocycles. The van der Waals surface area contributed by atoms with Crippen molar-refractivity contribution in [1.29, 1.82) is 0 Å². The lowest BCUT2D eigenvalue weighted by atomic mass is 10.4. The molecule has 0 aliphatic rings. The molecule has 0 rings (SSSR count). The Labute approximate surface area is 111 Å². The number of quaternary nitrogens is 1. The first-order valence-corrected chi connectivity index (χ1v) is 7.16. The van der Waals surface area contributed by atoms with Crippen LogP contribution in [0.2, 0.25) is 0 Å². The Morgan fingerprint density at radius 2 is 1.89 bits per heavy atom. The lowest BCUT2D eigenvalue weighted by molar-refractivity contribution is -0.890. The average Bonchev–Trinajstić information content (AvgIpc) is 2.27. The Bertz CT molecular complexity index is 215. The summed E-state index contributed by atoms with van der Waals surface area (Å²) in [5, 5.41) is 3.16. The van der Waals surface area contributed by atoms with Crippen LogP contribution in [0.5, 0.6) is 0 Å². The molecule has 0 fully saturated rings. The number of nitrogens with zero attached hydrogens (tertiary/aromatic N) is 1. The van der Waals surface area contributed by atoms with Gasteiger partial charge in [-0.05, 0) is 0 Å². The molecular weight excluding hydrogens is 255 g/mol. The van der Waals surface area contributed by atoms with Gasteiger partial charge in [-0.25, -0.2) is 0 Å². The molecule has 7 heteroatoms.